The lowest BCUT2D eigenvalue weighted by Crippen LogP contribution is -2.48. The minimum Gasteiger partial charge on any atom is -0.382 e. The van der Waals surface area contributed by atoms with Gasteiger partial charge in [-0.05, 0) is 68.4 Å². The van der Waals surface area contributed by atoms with E-state index in [0.29, 0.717) is 10.8 Å². The number of hydrogen-bond donors (Lipinski definition) is 1. The largest absolute Gasteiger partial charge is 0.382 e. The Morgan fingerprint density at radius 1 is 1.19 bits per heavy atom. The van der Waals surface area contributed by atoms with Crippen molar-refractivity contribution in [3.8, 4) is 0 Å². The molecule has 1 aliphatic heterocycles. The Morgan fingerprint density at radius 3 is 2.58 bits per heavy atom. The first kappa shape index (κ1) is 19.7. The molecule has 1 amide bonds. The van der Waals surface area contributed by atoms with Gasteiger partial charge < -0.3 is 4.84 Å². The highest BCUT2D eigenvalue weighted by molar-refractivity contribution is 7.14. The number of halogens is 2. The fraction of sp³-hybridized carbons (Fsp3) is 0.522. The Balaban J connectivity index is 1.14. The van der Waals surface area contributed by atoms with E-state index in [-0.39, 0.29) is 28.3 Å². The van der Waals surface area contributed by atoms with E-state index in [0.717, 1.165) is 23.4 Å². The first-order chi connectivity index (χ1) is 15.0. The number of nitrogens with one attached hydrogen (secondary N) is 1. The molecule has 0 unspecified atom stereocenters. The van der Waals surface area contributed by atoms with Gasteiger partial charge in [-0.3, -0.25) is 10.1 Å². The number of hydrogen-bond acceptors (Lipinski definition) is 5. The van der Waals surface area contributed by atoms with Gasteiger partial charge >= 0.3 is 0 Å². The minimum atomic E-state index is -0.822. The second-order valence-electron chi connectivity index (χ2n) is 9.66. The third-order valence-corrected chi connectivity index (χ3v) is 8.60. The fourth-order valence-electron chi connectivity index (χ4n) is 6.62. The Hall–Kier alpha value is -1.99. The average molecular weight is 460 g/mol. The van der Waals surface area contributed by atoms with Crippen LogP contribution in [-0.4, -0.2) is 22.7 Å². The third-order valence-electron chi connectivity index (χ3n) is 7.53. The van der Waals surface area contributed by atoms with Gasteiger partial charge in [-0.2, -0.15) is 0 Å². The molecule has 2 heterocycles. The first-order valence-corrected chi connectivity index (χ1v) is 12.2. The Kier molecular flexibility index (Phi) is 4.62. The molecule has 7 rings (SSSR count). The van der Waals surface area contributed by atoms with Crippen LogP contribution in [0.3, 0.4) is 0 Å². The smallest absolute Gasteiger partial charge is 0.270 e. The molecule has 4 fully saturated rings. The summed E-state index contributed by atoms with van der Waals surface area (Å²) in [6.45, 7) is 0. The minimum absolute atomic E-state index is 0.166. The summed E-state index contributed by atoms with van der Waals surface area (Å²) in [7, 11) is 0. The van der Waals surface area contributed by atoms with Crippen LogP contribution < -0.4 is 5.32 Å². The number of nitrogens with zero attached hydrogens (tertiary/aromatic N) is 2. The zero-order chi connectivity index (χ0) is 21.2. The van der Waals surface area contributed by atoms with E-state index >= 15 is 0 Å². The molecule has 0 saturated heterocycles. The molecule has 1 atom stereocenters. The third kappa shape index (κ3) is 3.37. The lowest BCUT2D eigenvalue weighted by atomic mass is 9.49. The maximum Gasteiger partial charge on any atom is 0.270 e. The molecule has 2 aromatic rings. The Morgan fingerprint density at radius 2 is 1.90 bits per heavy atom. The van der Waals surface area contributed by atoms with Gasteiger partial charge in [0, 0.05) is 17.2 Å². The van der Waals surface area contributed by atoms with Crippen molar-refractivity contribution < 1.29 is 14.0 Å². The topological polar surface area (TPSA) is 63.6 Å². The van der Waals surface area contributed by atoms with Crippen LogP contribution in [0, 0.1) is 23.6 Å². The van der Waals surface area contributed by atoms with E-state index in [1.165, 1.54) is 62.0 Å². The summed E-state index contributed by atoms with van der Waals surface area (Å²) in [5, 5.41) is 9.77. The van der Waals surface area contributed by atoms with Crippen LogP contribution in [0.4, 0.5) is 9.52 Å². The highest BCUT2D eigenvalue weighted by Gasteiger charge is 2.52. The van der Waals surface area contributed by atoms with E-state index in [2.05, 4.69) is 15.9 Å². The van der Waals surface area contributed by atoms with Crippen molar-refractivity contribution in [1.29, 1.82) is 0 Å². The highest BCUT2D eigenvalue weighted by Crippen LogP contribution is 2.60. The van der Waals surface area contributed by atoms with Crippen LogP contribution in [0.5, 0.6) is 0 Å². The van der Waals surface area contributed by atoms with Gasteiger partial charge in [-0.15, -0.1) is 11.3 Å². The number of anilines is 1. The van der Waals surface area contributed by atoms with Crippen LogP contribution in [0.25, 0.3) is 0 Å². The normalized spacial score (nSPS) is 33.3. The van der Waals surface area contributed by atoms with E-state index in [4.69, 9.17) is 21.4 Å². The molecule has 4 saturated carbocycles. The van der Waals surface area contributed by atoms with Gasteiger partial charge in [-0.1, -0.05) is 22.8 Å². The molecule has 5 aliphatic rings. The Bertz CT molecular complexity index is 1030. The number of benzene rings is 1. The van der Waals surface area contributed by atoms with E-state index < -0.39 is 11.9 Å². The predicted octanol–water partition coefficient (Wildman–Crippen LogP) is 5.54. The van der Waals surface area contributed by atoms with Crippen LogP contribution in [0.15, 0.2) is 28.7 Å². The monoisotopic (exact) mass is 459 g/mol. The van der Waals surface area contributed by atoms with Crippen LogP contribution in [0.1, 0.15) is 56.2 Å². The highest BCUT2D eigenvalue weighted by atomic mass is 35.5. The van der Waals surface area contributed by atoms with Gasteiger partial charge in [0.05, 0.1) is 22.0 Å². The van der Waals surface area contributed by atoms with Crippen molar-refractivity contribution in [2.24, 2.45) is 22.9 Å². The number of carbonyl (C=O) groups excluding carboxylic acids is 1. The zero-order valence-electron chi connectivity index (χ0n) is 16.9. The molecular formula is C23H23ClFN3O2S. The quantitative estimate of drug-likeness (QED) is 0.653. The molecule has 1 N–H and O–H groups in total. The van der Waals surface area contributed by atoms with Crippen LogP contribution in [0.2, 0.25) is 5.02 Å². The van der Waals surface area contributed by atoms with Gasteiger partial charge in [0.1, 0.15) is 5.82 Å². The number of rotatable bonds is 4. The summed E-state index contributed by atoms with van der Waals surface area (Å²) in [6.07, 6.45) is 7.23. The van der Waals surface area contributed by atoms with Crippen molar-refractivity contribution in [3.63, 3.8) is 0 Å². The molecule has 4 bridgehead atoms. The number of aromatic nitrogens is 1. The Labute approximate surface area is 189 Å². The summed E-state index contributed by atoms with van der Waals surface area (Å²) >= 11 is 7.58. The zero-order valence-corrected chi connectivity index (χ0v) is 18.5. The molecule has 0 spiro atoms. The van der Waals surface area contributed by atoms with Crippen LogP contribution >= 0.6 is 22.9 Å². The number of thiazole rings is 1. The molecule has 1 aromatic carbocycles. The summed E-state index contributed by atoms with van der Waals surface area (Å²) in [5.74, 6) is 1.74. The number of carbonyl (C=O) groups is 1. The first-order valence-electron chi connectivity index (χ1n) is 10.9. The average Bonchev–Trinajstić information content (AvgIpc) is 3.37. The summed E-state index contributed by atoms with van der Waals surface area (Å²) < 4.78 is 14.2. The lowest BCUT2D eigenvalue weighted by Gasteiger charge is -2.56. The molecule has 1 aromatic heterocycles. The molecule has 5 nitrogen and oxygen atoms in total. The maximum atomic E-state index is 14.2. The second-order valence-corrected chi connectivity index (χ2v) is 10.9. The lowest BCUT2D eigenvalue weighted by molar-refractivity contribution is -0.125. The maximum absolute atomic E-state index is 14.2. The number of amides is 1. The SMILES string of the molecule is O=C(Nc1nc(C23CC4CC(CC(C4)C2)C3)cs1)[C@H]1CC(c2c(F)cccc2Cl)=NO1. The summed E-state index contributed by atoms with van der Waals surface area (Å²) in [4.78, 5) is 22.9. The molecule has 162 valence electrons. The molecule has 0 radical (unpaired) electrons. The van der Waals surface area contributed by atoms with E-state index in [1.54, 1.807) is 6.07 Å². The molecule has 31 heavy (non-hydrogen) atoms. The molecular weight excluding hydrogens is 437 g/mol. The van der Waals surface area contributed by atoms with Gasteiger partial charge in [0.2, 0.25) is 6.10 Å². The van der Waals surface area contributed by atoms with Crippen molar-refractivity contribution in [2.75, 3.05) is 5.32 Å². The summed E-state index contributed by atoms with van der Waals surface area (Å²) in [6, 6.07) is 4.45. The van der Waals surface area contributed by atoms with E-state index in [1.807, 2.05) is 0 Å². The second kappa shape index (κ2) is 7.27. The number of oxime groups is 1. The molecule has 8 heteroatoms. The fourth-order valence-corrected chi connectivity index (χ4v) is 7.73. The van der Waals surface area contributed by atoms with Gasteiger partial charge in [-0.25, -0.2) is 9.37 Å². The van der Waals surface area contributed by atoms with Gasteiger partial charge in [0.15, 0.2) is 5.13 Å². The molecule has 4 aliphatic carbocycles. The van der Waals surface area contributed by atoms with Crippen molar-refractivity contribution in [1.82, 2.24) is 4.98 Å². The standard InChI is InChI=1S/C23H23ClFN3O2S/c24-15-2-1-3-16(25)20(15)17-7-18(30-28-17)21(29)27-22-26-19(11-31-22)23-8-12-4-13(9-23)6-14(5-12)10-23/h1-3,11-14,18H,4-10H2,(H,26,27,29)/t12?,13?,14?,18-,23?/m1/s1. The van der Waals surface area contributed by atoms with Crippen molar-refractivity contribution >= 4 is 39.7 Å². The van der Waals surface area contributed by atoms with Crippen molar-refractivity contribution in [2.45, 2.75) is 56.5 Å². The summed E-state index contributed by atoms with van der Waals surface area (Å²) in [5.41, 5.74) is 1.89. The van der Waals surface area contributed by atoms with Gasteiger partial charge in [0.25, 0.3) is 5.91 Å². The predicted molar refractivity (Wildman–Crippen MR) is 118 cm³/mol. The van der Waals surface area contributed by atoms with E-state index in [9.17, 15) is 9.18 Å². The van der Waals surface area contributed by atoms with Crippen molar-refractivity contribution in [3.05, 3.63) is 45.7 Å². The van der Waals surface area contributed by atoms with Crippen LogP contribution in [-0.2, 0) is 15.0 Å².